The molecule has 0 radical (unpaired) electrons. The molecule has 1 aromatic carbocycles. The first-order valence-electron chi connectivity index (χ1n) is 9.16. The molecule has 1 aliphatic rings. The lowest BCUT2D eigenvalue weighted by Gasteiger charge is -2.34. The smallest absolute Gasteiger partial charge is 0.261 e. The van der Waals surface area contributed by atoms with E-state index in [9.17, 15) is 4.79 Å². The predicted octanol–water partition coefficient (Wildman–Crippen LogP) is 4.66. The third-order valence-corrected chi connectivity index (χ3v) is 4.44. The summed E-state index contributed by atoms with van der Waals surface area (Å²) in [5.41, 5.74) is 2.72. The number of amides is 1. The lowest BCUT2D eigenvalue weighted by Crippen LogP contribution is -2.50. The summed E-state index contributed by atoms with van der Waals surface area (Å²) < 4.78 is 5.91. The van der Waals surface area contributed by atoms with Crippen molar-refractivity contribution in [2.75, 3.05) is 0 Å². The molecular formula is C21H33NO2. The fourth-order valence-corrected chi connectivity index (χ4v) is 3.85. The van der Waals surface area contributed by atoms with Gasteiger partial charge in [-0.1, -0.05) is 26.8 Å². The molecule has 0 aliphatic heterocycles. The fraction of sp³-hybridized carbons (Fsp3) is 0.667. The highest BCUT2D eigenvalue weighted by atomic mass is 16.5. The molecule has 0 heterocycles. The molecular weight excluding hydrogens is 298 g/mol. The van der Waals surface area contributed by atoms with Gasteiger partial charge in [0.05, 0.1) is 0 Å². The second kappa shape index (κ2) is 7.16. The Hall–Kier alpha value is -1.51. The van der Waals surface area contributed by atoms with E-state index in [0.29, 0.717) is 0 Å². The Balaban J connectivity index is 1.96. The Labute approximate surface area is 147 Å². The van der Waals surface area contributed by atoms with Crippen molar-refractivity contribution in [1.29, 1.82) is 0 Å². The van der Waals surface area contributed by atoms with Crippen molar-refractivity contribution in [1.82, 2.24) is 5.32 Å². The molecule has 0 spiro atoms. The predicted molar refractivity (Wildman–Crippen MR) is 99.5 cm³/mol. The van der Waals surface area contributed by atoms with Gasteiger partial charge in [0.2, 0.25) is 0 Å². The highest BCUT2D eigenvalue weighted by molar-refractivity contribution is 5.81. The molecule has 0 fully saturated rings. The maximum atomic E-state index is 12.5. The minimum absolute atomic E-state index is 0.0537. The first-order chi connectivity index (χ1) is 11.1. The van der Waals surface area contributed by atoms with Crippen LogP contribution in [0.2, 0.25) is 0 Å². The highest BCUT2D eigenvalue weighted by Gasteiger charge is 2.29. The molecule has 1 unspecified atom stereocenters. The van der Waals surface area contributed by atoms with Gasteiger partial charge in [-0.05, 0) is 81.5 Å². The van der Waals surface area contributed by atoms with Gasteiger partial charge in [0.25, 0.3) is 5.91 Å². The fourth-order valence-electron chi connectivity index (χ4n) is 3.85. The number of fused-ring (bicyclic) bond motifs is 1. The summed E-state index contributed by atoms with van der Waals surface area (Å²) in [5.74, 6) is 0.744. The summed E-state index contributed by atoms with van der Waals surface area (Å²) in [6.45, 7) is 12.5. The Morgan fingerprint density at radius 1 is 1.12 bits per heavy atom. The van der Waals surface area contributed by atoms with Crippen LogP contribution in [0.15, 0.2) is 18.2 Å². The quantitative estimate of drug-likeness (QED) is 0.852. The van der Waals surface area contributed by atoms with Gasteiger partial charge < -0.3 is 10.1 Å². The molecule has 1 atom stereocenters. The zero-order chi connectivity index (χ0) is 18.0. The number of nitrogens with one attached hydrogen (secondary N) is 1. The number of carbonyl (C=O) groups excluding carboxylic acids is 1. The molecule has 1 N–H and O–H groups in total. The van der Waals surface area contributed by atoms with Crippen LogP contribution in [0.4, 0.5) is 0 Å². The average molecular weight is 332 g/mol. The lowest BCUT2D eigenvalue weighted by atomic mass is 9.81. The zero-order valence-electron chi connectivity index (χ0n) is 16.2. The summed E-state index contributed by atoms with van der Waals surface area (Å²) in [6.07, 6.45) is 5.21. The minimum atomic E-state index is -0.495. The number of hydrogen-bond donors (Lipinski definition) is 1. The van der Waals surface area contributed by atoms with Crippen LogP contribution < -0.4 is 10.1 Å². The monoisotopic (exact) mass is 331 g/mol. The van der Waals surface area contributed by atoms with Gasteiger partial charge in [-0.2, -0.15) is 0 Å². The van der Waals surface area contributed by atoms with Crippen molar-refractivity contribution in [2.24, 2.45) is 5.41 Å². The van der Waals surface area contributed by atoms with Gasteiger partial charge in [0, 0.05) is 5.54 Å². The van der Waals surface area contributed by atoms with E-state index in [-0.39, 0.29) is 16.9 Å². The minimum Gasteiger partial charge on any atom is -0.481 e. The van der Waals surface area contributed by atoms with Gasteiger partial charge in [0.15, 0.2) is 6.10 Å². The van der Waals surface area contributed by atoms with Gasteiger partial charge in [-0.3, -0.25) is 4.79 Å². The second-order valence-electron chi connectivity index (χ2n) is 9.01. The standard InChI is InChI=1S/C21H33NO2/c1-15(19(23)22-21(5,6)14-20(2,3)4)24-18-12-11-16-9-7-8-10-17(16)13-18/h11-13,15H,7-10,14H2,1-6H3,(H,22,23). The van der Waals surface area contributed by atoms with Crippen LogP contribution in [-0.4, -0.2) is 17.6 Å². The average Bonchev–Trinajstić information content (AvgIpc) is 2.43. The molecule has 24 heavy (non-hydrogen) atoms. The van der Waals surface area contributed by atoms with E-state index < -0.39 is 6.10 Å². The maximum absolute atomic E-state index is 12.5. The van der Waals surface area contributed by atoms with Crippen molar-refractivity contribution in [3.63, 3.8) is 0 Å². The van der Waals surface area contributed by atoms with Crippen molar-refractivity contribution < 1.29 is 9.53 Å². The number of carbonyl (C=O) groups is 1. The molecule has 0 saturated heterocycles. The van der Waals surface area contributed by atoms with E-state index in [4.69, 9.17) is 4.74 Å². The first-order valence-corrected chi connectivity index (χ1v) is 9.16. The summed E-state index contributed by atoms with van der Waals surface area (Å²) in [6, 6.07) is 6.25. The Kier molecular flexibility index (Phi) is 5.62. The number of rotatable bonds is 5. The van der Waals surface area contributed by atoms with E-state index in [1.807, 2.05) is 13.0 Å². The molecule has 2 rings (SSSR count). The second-order valence-corrected chi connectivity index (χ2v) is 9.01. The van der Waals surface area contributed by atoms with Crippen molar-refractivity contribution in [3.05, 3.63) is 29.3 Å². The zero-order valence-corrected chi connectivity index (χ0v) is 16.2. The van der Waals surface area contributed by atoms with Crippen LogP contribution in [0.5, 0.6) is 5.75 Å². The molecule has 0 aromatic heterocycles. The number of aryl methyl sites for hydroxylation is 2. The van der Waals surface area contributed by atoms with Crippen molar-refractivity contribution >= 4 is 5.91 Å². The van der Waals surface area contributed by atoms with Crippen LogP contribution in [0, 0.1) is 5.41 Å². The summed E-state index contributed by atoms with van der Waals surface area (Å²) in [5, 5.41) is 3.13. The van der Waals surface area contributed by atoms with Crippen LogP contribution in [0.25, 0.3) is 0 Å². The summed E-state index contributed by atoms with van der Waals surface area (Å²) in [7, 11) is 0. The van der Waals surface area contributed by atoms with Crippen LogP contribution >= 0.6 is 0 Å². The largest absolute Gasteiger partial charge is 0.481 e. The van der Waals surface area contributed by atoms with E-state index in [1.54, 1.807) is 0 Å². The van der Waals surface area contributed by atoms with Gasteiger partial charge in [-0.25, -0.2) is 0 Å². The summed E-state index contributed by atoms with van der Waals surface area (Å²) in [4.78, 5) is 12.5. The molecule has 1 amide bonds. The highest BCUT2D eigenvalue weighted by Crippen LogP contribution is 2.28. The van der Waals surface area contributed by atoms with Crippen LogP contribution in [0.1, 0.15) is 71.9 Å². The van der Waals surface area contributed by atoms with Gasteiger partial charge >= 0.3 is 0 Å². The topological polar surface area (TPSA) is 38.3 Å². The van der Waals surface area contributed by atoms with Gasteiger partial charge in [0.1, 0.15) is 5.75 Å². The van der Waals surface area contributed by atoms with E-state index >= 15 is 0 Å². The lowest BCUT2D eigenvalue weighted by molar-refractivity contribution is -0.129. The molecule has 3 nitrogen and oxygen atoms in total. The third kappa shape index (κ3) is 5.54. The molecule has 1 aromatic rings. The number of ether oxygens (including phenoxy) is 1. The summed E-state index contributed by atoms with van der Waals surface area (Å²) >= 11 is 0. The van der Waals surface area contributed by atoms with Gasteiger partial charge in [-0.15, -0.1) is 0 Å². The Bertz CT molecular complexity index is 584. The van der Waals surface area contributed by atoms with E-state index in [1.165, 1.54) is 24.0 Å². The van der Waals surface area contributed by atoms with Crippen LogP contribution in [-0.2, 0) is 17.6 Å². The first kappa shape index (κ1) is 18.8. The number of benzene rings is 1. The molecule has 134 valence electrons. The normalized spacial score (nSPS) is 16.2. The Morgan fingerprint density at radius 2 is 1.75 bits per heavy atom. The maximum Gasteiger partial charge on any atom is 0.261 e. The molecule has 3 heteroatoms. The van der Waals surface area contributed by atoms with Crippen molar-refractivity contribution in [3.8, 4) is 5.75 Å². The van der Waals surface area contributed by atoms with E-state index in [0.717, 1.165) is 25.0 Å². The van der Waals surface area contributed by atoms with Crippen molar-refractivity contribution in [2.45, 2.75) is 85.3 Å². The molecule has 0 bridgehead atoms. The van der Waals surface area contributed by atoms with Crippen LogP contribution in [0.3, 0.4) is 0 Å². The number of hydrogen-bond acceptors (Lipinski definition) is 2. The Morgan fingerprint density at radius 3 is 2.38 bits per heavy atom. The third-order valence-electron chi connectivity index (χ3n) is 4.44. The molecule has 0 saturated carbocycles. The van der Waals surface area contributed by atoms with E-state index in [2.05, 4.69) is 52.1 Å². The molecule has 1 aliphatic carbocycles. The SMILES string of the molecule is CC(Oc1ccc2c(c1)CCCC2)C(=O)NC(C)(C)CC(C)(C)C.